The van der Waals surface area contributed by atoms with Gasteiger partial charge in [-0.2, -0.15) is 0 Å². The van der Waals surface area contributed by atoms with Crippen LogP contribution in [0.3, 0.4) is 0 Å². The van der Waals surface area contributed by atoms with Gasteiger partial charge in [-0.3, -0.25) is 19.8 Å². The third-order valence-electron chi connectivity index (χ3n) is 8.06. The van der Waals surface area contributed by atoms with Crippen molar-refractivity contribution in [2.45, 2.75) is 49.2 Å². The van der Waals surface area contributed by atoms with E-state index in [2.05, 4.69) is 44.7 Å². The van der Waals surface area contributed by atoms with Crippen LogP contribution in [0.1, 0.15) is 37.2 Å². The minimum Gasteiger partial charge on any atom is -0.337 e. The highest BCUT2D eigenvalue weighted by Gasteiger charge is 2.61. The summed E-state index contributed by atoms with van der Waals surface area (Å²) in [7, 11) is 0. The van der Waals surface area contributed by atoms with Gasteiger partial charge in [0.15, 0.2) is 0 Å². The number of nitrogens with zero attached hydrogens (tertiary/aromatic N) is 2. The van der Waals surface area contributed by atoms with E-state index < -0.39 is 11.6 Å². The Bertz CT molecular complexity index is 873. The monoisotopic (exact) mass is 394 g/mol. The van der Waals surface area contributed by atoms with Crippen molar-refractivity contribution >= 4 is 17.8 Å². The SMILES string of the molecule is O=C1NC(=O)C2(CC(C(=O)N3C[C@H](c4ccccc4)[C@@H]4[C@H]3C3CCN4CC3)C2)N1. The molecule has 6 fully saturated rings. The van der Waals surface area contributed by atoms with Gasteiger partial charge in [-0.1, -0.05) is 30.3 Å². The average Bonchev–Trinajstić information content (AvgIpc) is 3.27. The predicted octanol–water partition coefficient (Wildman–Crippen LogP) is 1.06. The lowest BCUT2D eigenvalue weighted by Gasteiger charge is -2.52. The highest BCUT2D eigenvalue weighted by Crippen LogP contribution is 2.49. The van der Waals surface area contributed by atoms with Crippen molar-refractivity contribution < 1.29 is 14.4 Å². The standard InChI is InChI=1S/C22H26N4O3/c27-19(15-10-22(11-15)20(28)23-21(29)24-22)26-12-16(13-4-2-1-3-5-13)18-17(26)14-6-8-25(18)9-7-14/h1-5,14-18H,6-12H2,(H2,23,24,28,29)/t15?,16-,17-,18-,22?/m1/s1. The number of hydrogen-bond acceptors (Lipinski definition) is 4. The number of carbonyl (C=O) groups excluding carboxylic acids is 3. The molecule has 5 heterocycles. The fraction of sp³-hybridized carbons (Fsp3) is 0.591. The first kappa shape index (κ1) is 17.4. The Balaban J connectivity index is 1.26. The van der Waals surface area contributed by atoms with Gasteiger partial charge < -0.3 is 10.2 Å². The van der Waals surface area contributed by atoms with Crippen LogP contribution in [0.5, 0.6) is 0 Å². The van der Waals surface area contributed by atoms with Crippen molar-refractivity contribution in [3.8, 4) is 0 Å². The predicted molar refractivity (Wildman–Crippen MR) is 105 cm³/mol. The lowest BCUT2D eigenvalue weighted by Crippen LogP contribution is -2.64. The van der Waals surface area contributed by atoms with E-state index in [0.29, 0.717) is 30.7 Å². The number of carbonyl (C=O) groups is 3. The molecule has 29 heavy (non-hydrogen) atoms. The first-order valence-corrected chi connectivity index (χ1v) is 10.8. The van der Waals surface area contributed by atoms with Crippen LogP contribution < -0.4 is 10.6 Å². The number of hydrogen-bond donors (Lipinski definition) is 2. The molecule has 1 saturated carbocycles. The topological polar surface area (TPSA) is 81.8 Å². The molecule has 3 atom stereocenters. The van der Waals surface area contributed by atoms with E-state index in [1.807, 2.05) is 6.07 Å². The zero-order valence-electron chi connectivity index (χ0n) is 16.3. The number of imide groups is 1. The minimum absolute atomic E-state index is 0.173. The Morgan fingerprint density at radius 2 is 1.76 bits per heavy atom. The van der Waals surface area contributed by atoms with Gasteiger partial charge in [0.25, 0.3) is 5.91 Å². The third-order valence-corrected chi connectivity index (χ3v) is 8.06. The highest BCUT2D eigenvalue weighted by molar-refractivity contribution is 6.08. The molecule has 7 rings (SSSR count). The summed E-state index contributed by atoms with van der Waals surface area (Å²) in [5.41, 5.74) is 0.461. The minimum atomic E-state index is -0.857. The van der Waals surface area contributed by atoms with Gasteiger partial charge in [0.2, 0.25) is 5.91 Å². The zero-order valence-corrected chi connectivity index (χ0v) is 16.3. The van der Waals surface area contributed by atoms with Crippen LogP contribution in [0.15, 0.2) is 30.3 Å². The second kappa shape index (κ2) is 6.05. The molecule has 7 heteroatoms. The number of benzene rings is 1. The number of piperidine rings is 3. The van der Waals surface area contributed by atoms with Crippen LogP contribution in [0.25, 0.3) is 0 Å². The Kier molecular flexibility index (Phi) is 3.64. The summed E-state index contributed by atoms with van der Waals surface area (Å²) in [5.74, 6) is 0.635. The fourth-order valence-corrected chi connectivity index (χ4v) is 6.67. The van der Waals surface area contributed by atoms with Gasteiger partial charge in [-0.25, -0.2) is 4.79 Å². The summed E-state index contributed by atoms with van der Waals surface area (Å²) in [4.78, 5) is 41.9. The van der Waals surface area contributed by atoms with Gasteiger partial charge in [0.05, 0.1) is 6.04 Å². The molecule has 0 radical (unpaired) electrons. The van der Waals surface area contributed by atoms with E-state index in [1.54, 1.807) is 0 Å². The molecule has 2 N–H and O–H groups in total. The maximum Gasteiger partial charge on any atom is 0.322 e. The molecule has 6 aliphatic rings. The summed E-state index contributed by atoms with van der Waals surface area (Å²) < 4.78 is 0. The molecule has 1 aromatic rings. The largest absolute Gasteiger partial charge is 0.337 e. The normalized spacial score (nSPS) is 42.4. The molecule has 1 aromatic carbocycles. The number of amides is 4. The Hall–Kier alpha value is -2.41. The quantitative estimate of drug-likeness (QED) is 0.735. The van der Waals surface area contributed by atoms with Gasteiger partial charge in [0.1, 0.15) is 5.54 Å². The Morgan fingerprint density at radius 1 is 1.03 bits per heavy atom. The number of rotatable bonds is 2. The van der Waals surface area contributed by atoms with Crippen LogP contribution >= 0.6 is 0 Å². The van der Waals surface area contributed by atoms with E-state index in [-0.39, 0.29) is 23.8 Å². The average molecular weight is 394 g/mol. The summed E-state index contributed by atoms with van der Waals surface area (Å²) >= 11 is 0. The third kappa shape index (κ3) is 2.43. The molecule has 152 valence electrons. The Labute approximate surface area is 169 Å². The molecule has 5 aliphatic heterocycles. The molecule has 1 spiro atoms. The fourth-order valence-electron chi connectivity index (χ4n) is 6.67. The molecule has 1 aliphatic carbocycles. The first-order valence-electron chi connectivity index (χ1n) is 10.8. The second-order valence-corrected chi connectivity index (χ2v) is 9.46. The van der Waals surface area contributed by atoms with Crippen LogP contribution in [0.2, 0.25) is 0 Å². The molecule has 5 saturated heterocycles. The lowest BCUT2D eigenvalue weighted by atomic mass is 9.67. The molecular weight excluding hydrogens is 368 g/mol. The van der Waals surface area contributed by atoms with Crippen molar-refractivity contribution in [3.05, 3.63) is 35.9 Å². The molecule has 2 bridgehead atoms. The van der Waals surface area contributed by atoms with Crippen molar-refractivity contribution in [2.24, 2.45) is 11.8 Å². The molecular formula is C22H26N4O3. The maximum atomic E-state index is 13.5. The van der Waals surface area contributed by atoms with Gasteiger partial charge >= 0.3 is 6.03 Å². The maximum absolute atomic E-state index is 13.5. The number of fused-ring (bicyclic) bond motifs is 2. The lowest BCUT2D eigenvalue weighted by molar-refractivity contribution is -0.148. The van der Waals surface area contributed by atoms with E-state index >= 15 is 0 Å². The van der Waals surface area contributed by atoms with E-state index in [0.717, 1.165) is 19.6 Å². The molecule has 0 unspecified atom stereocenters. The van der Waals surface area contributed by atoms with Gasteiger partial charge in [0, 0.05) is 24.4 Å². The summed E-state index contributed by atoms with van der Waals surface area (Å²) in [6.07, 6.45) is 3.17. The molecule has 0 aromatic heterocycles. The van der Waals surface area contributed by atoms with Crippen LogP contribution in [0, 0.1) is 11.8 Å². The van der Waals surface area contributed by atoms with Crippen LogP contribution in [-0.2, 0) is 9.59 Å². The smallest absolute Gasteiger partial charge is 0.322 e. The van der Waals surface area contributed by atoms with Gasteiger partial charge in [-0.05, 0) is 50.3 Å². The number of urea groups is 1. The van der Waals surface area contributed by atoms with E-state index in [4.69, 9.17) is 0 Å². The summed E-state index contributed by atoms with van der Waals surface area (Å²) in [6.45, 7) is 3.03. The van der Waals surface area contributed by atoms with Gasteiger partial charge in [-0.15, -0.1) is 0 Å². The zero-order chi connectivity index (χ0) is 19.8. The molecule has 7 nitrogen and oxygen atoms in total. The van der Waals surface area contributed by atoms with Crippen molar-refractivity contribution in [2.75, 3.05) is 19.6 Å². The van der Waals surface area contributed by atoms with Crippen LogP contribution in [-0.4, -0.2) is 64.9 Å². The second-order valence-electron chi connectivity index (χ2n) is 9.46. The molecule has 4 amide bonds. The Morgan fingerprint density at radius 3 is 2.41 bits per heavy atom. The van der Waals surface area contributed by atoms with Crippen molar-refractivity contribution in [3.63, 3.8) is 0 Å². The van der Waals surface area contributed by atoms with Crippen molar-refractivity contribution in [1.82, 2.24) is 20.4 Å². The van der Waals surface area contributed by atoms with E-state index in [9.17, 15) is 14.4 Å². The van der Waals surface area contributed by atoms with Crippen LogP contribution in [0.4, 0.5) is 4.79 Å². The summed E-state index contributed by atoms with van der Waals surface area (Å²) in [5, 5.41) is 5.05. The van der Waals surface area contributed by atoms with Crippen molar-refractivity contribution in [1.29, 1.82) is 0 Å². The summed E-state index contributed by atoms with van der Waals surface area (Å²) in [6, 6.07) is 10.8. The van der Waals surface area contributed by atoms with E-state index in [1.165, 1.54) is 18.4 Å². The highest BCUT2D eigenvalue weighted by atomic mass is 16.2. The first-order chi connectivity index (χ1) is 14.1. The number of likely N-dealkylation sites (tertiary alicyclic amines) is 1. The number of nitrogens with one attached hydrogen (secondary N) is 2.